The zero-order chi connectivity index (χ0) is 11.9. The first kappa shape index (κ1) is 10.7. The molecular weight excluding hydrogens is 202 g/mol. The Balaban J connectivity index is 2.49. The maximum atomic E-state index is 6.09. The van der Waals surface area contributed by atoms with E-state index in [0.29, 0.717) is 5.82 Å². The van der Waals surface area contributed by atoms with Crippen LogP contribution >= 0.6 is 0 Å². The summed E-state index contributed by atoms with van der Waals surface area (Å²) >= 11 is 0. The quantitative estimate of drug-likeness (QED) is 0.792. The van der Waals surface area contributed by atoms with Crippen LogP contribution in [0.2, 0.25) is 0 Å². The lowest BCUT2D eigenvalue weighted by Gasteiger charge is -2.22. The van der Waals surface area contributed by atoms with Gasteiger partial charge in [-0.25, -0.2) is 4.98 Å². The average Bonchev–Trinajstić information content (AvgIpc) is 2.70. The molecule has 5 heteroatoms. The van der Waals surface area contributed by atoms with Crippen molar-refractivity contribution in [1.29, 1.82) is 0 Å². The molecule has 2 heterocycles. The van der Waals surface area contributed by atoms with E-state index in [1.54, 1.807) is 17.2 Å². The number of imidazole rings is 1. The van der Waals surface area contributed by atoms with Gasteiger partial charge >= 0.3 is 0 Å². The number of hydrogen-bond acceptors (Lipinski definition) is 3. The van der Waals surface area contributed by atoms with Crippen LogP contribution in [0.3, 0.4) is 0 Å². The molecule has 86 valence electrons. The molecule has 0 saturated carbocycles. The van der Waals surface area contributed by atoms with E-state index in [1.807, 2.05) is 17.8 Å². The summed E-state index contributed by atoms with van der Waals surface area (Å²) in [5, 5.41) is 4.12. The molecule has 16 heavy (non-hydrogen) atoms. The van der Waals surface area contributed by atoms with Gasteiger partial charge in [0.25, 0.3) is 0 Å². The number of aromatic nitrogens is 4. The Bertz CT molecular complexity index is 501. The smallest absolute Gasteiger partial charge is 0.132 e. The van der Waals surface area contributed by atoms with Gasteiger partial charge in [0.05, 0.1) is 12.5 Å². The van der Waals surface area contributed by atoms with Crippen LogP contribution in [0, 0.1) is 0 Å². The van der Waals surface area contributed by atoms with Crippen molar-refractivity contribution in [3.05, 3.63) is 18.7 Å². The van der Waals surface area contributed by atoms with E-state index in [-0.39, 0.29) is 5.54 Å². The number of anilines is 1. The molecule has 0 radical (unpaired) electrons. The van der Waals surface area contributed by atoms with Gasteiger partial charge in [-0.1, -0.05) is 0 Å². The summed E-state index contributed by atoms with van der Waals surface area (Å²) < 4.78 is 3.71. The van der Waals surface area contributed by atoms with E-state index in [4.69, 9.17) is 5.73 Å². The first-order chi connectivity index (χ1) is 7.39. The zero-order valence-electron chi connectivity index (χ0n) is 10.1. The molecule has 0 aliphatic rings. The molecule has 0 unspecified atom stereocenters. The number of hydrogen-bond donors (Lipinski definition) is 1. The average molecular weight is 219 g/mol. The summed E-state index contributed by atoms with van der Waals surface area (Å²) in [5.41, 5.74) is 7.78. The Morgan fingerprint density at radius 1 is 1.31 bits per heavy atom. The molecule has 0 aliphatic carbocycles. The second kappa shape index (κ2) is 3.37. The van der Waals surface area contributed by atoms with Crippen molar-refractivity contribution in [1.82, 2.24) is 19.3 Å². The summed E-state index contributed by atoms with van der Waals surface area (Å²) in [7, 11) is 1.88. The van der Waals surface area contributed by atoms with Crippen LogP contribution in [0.5, 0.6) is 0 Å². The number of nitrogen functional groups attached to an aromatic ring is 1. The van der Waals surface area contributed by atoms with E-state index in [0.717, 1.165) is 11.3 Å². The predicted octanol–water partition coefficient (Wildman–Crippen LogP) is 1.62. The maximum Gasteiger partial charge on any atom is 0.132 e. The lowest BCUT2D eigenvalue weighted by Crippen LogP contribution is -2.22. The fraction of sp³-hybridized carbons (Fsp3) is 0.455. The van der Waals surface area contributed by atoms with Crippen molar-refractivity contribution < 1.29 is 0 Å². The van der Waals surface area contributed by atoms with Crippen LogP contribution in [-0.2, 0) is 12.6 Å². The Kier molecular flexibility index (Phi) is 2.26. The highest BCUT2D eigenvalue weighted by atomic mass is 15.2. The summed E-state index contributed by atoms with van der Waals surface area (Å²) in [6.45, 7) is 6.29. The highest BCUT2D eigenvalue weighted by Crippen LogP contribution is 2.28. The number of nitrogens with two attached hydrogens (primary N) is 1. The third-order valence-electron chi connectivity index (χ3n) is 2.51. The summed E-state index contributed by atoms with van der Waals surface area (Å²) in [4.78, 5) is 4.35. The van der Waals surface area contributed by atoms with Gasteiger partial charge in [0.1, 0.15) is 11.5 Å². The minimum absolute atomic E-state index is 0.0580. The molecule has 0 atom stereocenters. The van der Waals surface area contributed by atoms with Crippen molar-refractivity contribution in [3.63, 3.8) is 0 Å². The maximum absolute atomic E-state index is 6.09. The predicted molar refractivity (Wildman–Crippen MR) is 63.8 cm³/mol. The summed E-state index contributed by atoms with van der Waals surface area (Å²) in [5.74, 6) is 0.681. The molecule has 0 aromatic carbocycles. The molecule has 2 rings (SSSR count). The van der Waals surface area contributed by atoms with Gasteiger partial charge in [-0.15, -0.1) is 0 Å². The molecule has 2 aromatic heterocycles. The molecule has 0 spiro atoms. The molecular formula is C11H17N5. The lowest BCUT2D eigenvalue weighted by molar-refractivity contribution is 0.402. The second-order valence-electron chi connectivity index (χ2n) is 4.92. The topological polar surface area (TPSA) is 61.7 Å². The van der Waals surface area contributed by atoms with Gasteiger partial charge < -0.3 is 10.3 Å². The largest absolute Gasteiger partial charge is 0.383 e. The fourth-order valence-electron chi connectivity index (χ4n) is 1.66. The van der Waals surface area contributed by atoms with E-state index in [2.05, 4.69) is 30.9 Å². The van der Waals surface area contributed by atoms with E-state index in [9.17, 15) is 0 Å². The third kappa shape index (κ3) is 1.68. The van der Waals surface area contributed by atoms with Crippen molar-refractivity contribution in [2.75, 3.05) is 5.73 Å². The standard InChI is InChI=1S/C11H17N5/c1-11(2,3)16-7-13-9(10(16)12)8-5-14-15(4)6-8/h5-7H,12H2,1-4H3. The van der Waals surface area contributed by atoms with Crippen LogP contribution in [-0.4, -0.2) is 19.3 Å². The highest BCUT2D eigenvalue weighted by Gasteiger charge is 2.19. The van der Waals surface area contributed by atoms with Crippen molar-refractivity contribution >= 4 is 5.82 Å². The Morgan fingerprint density at radius 3 is 2.44 bits per heavy atom. The molecule has 5 nitrogen and oxygen atoms in total. The fourth-order valence-corrected chi connectivity index (χ4v) is 1.66. The van der Waals surface area contributed by atoms with Crippen LogP contribution in [0.4, 0.5) is 5.82 Å². The number of rotatable bonds is 1. The van der Waals surface area contributed by atoms with E-state index >= 15 is 0 Å². The van der Waals surface area contributed by atoms with Gasteiger partial charge in [0.2, 0.25) is 0 Å². The van der Waals surface area contributed by atoms with Crippen LogP contribution in [0.1, 0.15) is 20.8 Å². The van der Waals surface area contributed by atoms with Gasteiger partial charge in [-0.3, -0.25) is 4.68 Å². The van der Waals surface area contributed by atoms with Gasteiger partial charge in [0, 0.05) is 24.3 Å². The molecule has 2 aromatic rings. The monoisotopic (exact) mass is 219 g/mol. The SMILES string of the molecule is Cn1cc(-c2ncn(C(C)(C)C)c2N)cn1. The minimum Gasteiger partial charge on any atom is -0.383 e. The van der Waals surface area contributed by atoms with Crippen LogP contribution in [0.15, 0.2) is 18.7 Å². The zero-order valence-corrected chi connectivity index (χ0v) is 10.1. The third-order valence-corrected chi connectivity index (χ3v) is 2.51. The van der Waals surface area contributed by atoms with Crippen LogP contribution < -0.4 is 5.73 Å². The Labute approximate surface area is 94.9 Å². The summed E-state index contributed by atoms with van der Waals surface area (Å²) in [6.07, 6.45) is 5.45. The normalized spacial score (nSPS) is 12.0. The minimum atomic E-state index is -0.0580. The van der Waals surface area contributed by atoms with Gasteiger partial charge in [-0.2, -0.15) is 5.10 Å². The molecule has 0 aliphatic heterocycles. The van der Waals surface area contributed by atoms with Crippen LogP contribution in [0.25, 0.3) is 11.3 Å². The van der Waals surface area contributed by atoms with Crippen molar-refractivity contribution in [2.24, 2.45) is 7.05 Å². The molecule has 0 amide bonds. The van der Waals surface area contributed by atoms with Crippen molar-refractivity contribution in [3.8, 4) is 11.3 Å². The van der Waals surface area contributed by atoms with Gasteiger partial charge in [0.15, 0.2) is 0 Å². The van der Waals surface area contributed by atoms with E-state index in [1.165, 1.54) is 0 Å². The number of aryl methyl sites for hydroxylation is 1. The van der Waals surface area contributed by atoms with Gasteiger partial charge in [-0.05, 0) is 20.8 Å². The highest BCUT2D eigenvalue weighted by molar-refractivity contribution is 5.69. The first-order valence-corrected chi connectivity index (χ1v) is 5.22. The van der Waals surface area contributed by atoms with Crippen molar-refractivity contribution in [2.45, 2.75) is 26.3 Å². The first-order valence-electron chi connectivity index (χ1n) is 5.22. The number of nitrogens with zero attached hydrogens (tertiary/aromatic N) is 4. The molecule has 0 fully saturated rings. The molecule has 2 N–H and O–H groups in total. The Morgan fingerprint density at radius 2 is 2.00 bits per heavy atom. The lowest BCUT2D eigenvalue weighted by atomic mass is 10.1. The Hall–Kier alpha value is -1.78. The molecule has 0 saturated heterocycles. The second-order valence-corrected chi connectivity index (χ2v) is 4.92. The summed E-state index contributed by atoms with van der Waals surface area (Å²) in [6, 6.07) is 0. The molecule has 0 bridgehead atoms. The van der Waals surface area contributed by atoms with E-state index < -0.39 is 0 Å².